The summed E-state index contributed by atoms with van der Waals surface area (Å²) in [5.41, 5.74) is 4.24. The first kappa shape index (κ1) is 21.0. The Kier molecular flexibility index (Phi) is 6.96. The van der Waals surface area contributed by atoms with Crippen molar-refractivity contribution in [3.8, 4) is 0 Å². The number of nitrogens with one attached hydrogen (secondary N) is 2. The van der Waals surface area contributed by atoms with Crippen molar-refractivity contribution in [3.05, 3.63) is 88.4 Å². The topological polar surface area (TPSA) is 58.2 Å². The van der Waals surface area contributed by atoms with Crippen LogP contribution in [0.3, 0.4) is 0 Å². The third-order valence-corrected chi connectivity index (χ3v) is 5.69. The van der Waals surface area contributed by atoms with Crippen LogP contribution in [0, 0.1) is 13.8 Å². The van der Waals surface area contributed by atoms with Gasteiger partial charge in [0.25, 0.3) is 5.91 Å². The molecular weight excluding hydrogens is 404 g/mol. The molecule has 3 rings (SSSR count). The van der Waals surface area contributed by atoms with Gasteiger partial charge in [0.1, 0.15) is 0 Å². The number of hydrogen-bond donors (Lipinski definition) is 2. The summed E-state index contributed by atoms with van der Waals surface area (Å²) in [5.74, 6) is 0.0320. The molecule has 29 heavy (non-hydrogen) atoms. The SMILES string of the molecule is Cc1cccc(NC(=O)CSc2ccc(NC(=O)c3cccc(Cl)c3)cc2)c1C. The molecule has 0 fully saturated rings. The molecule has 0 heterocycles. The van der Waals surface area contributed by atoms with Gasteiger partial charge in [0.2, 0.25) is 5.91 Å². The summed E-state index contributed by atoms with van der Waals surface area (Å²) in [6.45, 7) is 4.01. The molecule has 0 aromatic heterocycles. The average Bonchev–Trinajstić information content (AvgIpc) is 2.71. The molecular formula is C23H21ClN2O2S. The Morgan fingerprint density at radius 1 is 0.931 bits per heavy atom. The third-order valence-electron chi connectivity index (χ3n) is 4.45. The van der Waals surface area contributed by atoms with E-state index in [4.69, 9.17) is 11.6 Å². The van der Waals surface area contributed by atoms with Gasteiger partial charge < -0.3 is 10.6 Å². The van der Waals surface area contributed by atoms with Crippen LogP contribution >= 0.6 is 23.4 Å². The molecule has 0 unspecified atom stereocenters. The molecule has 0 spiro atoms. The van der Waals surface area contributed by atoms with E-state index in [0.717, 1.165) is 21.7 Å². The van der Waals surface area contributed by atoms with E-state index in [1.165, 1.54) is 11.8 Å². The van der Waals surface area contributed by atoms with Gasteiger partial charge in [0, 0.05) is 26.9 Å². The van der Waals surface area contributed by atoms with Crippen molar-refractivity contribution in [2.45, 2.75) is 18.7 Å². The summed E-state index contributed by atoms with van der Waals surface area (Å²) in [7, 11) is 0. The maximum Gasteiger partial charge on any atom is 0.255 e. The lowest BCUT2D eigenvalue weighted by Gasteiger charge is -2.10. The monoisotopic (exact) mass is 424 g/mol. The second kappa shape index (κ2) is 9.63. The molecule has 2 amide bonds. The van der Waals surface area contributed by atoms with E-state index in [-0.39, 0.29) is 11.8 Å². The Bertz CT molecular complexity index is 1040. The van der Waals surface area contributed by atoms with Crippen molar-refractivity contribution in [1.29, 1.82) is 0 Å². The minimum Gasteiger partial charge on any atom is -0.325 e. The minimum absolute atomic E-state index is 0.0537. The zero-order valence-electron chi connectivity index (χ0n) is 16.2. The summed E-state index contributed by atoms with van der Waals surface area (Å²) in [5, 5.41) is 6.31. The van der Waals surface area contributed by atoms with Gasteiger partial charge in [0.15, 0.2) is 0 Å². The predicted octanol–water partition coefficient (Wildman–Crippen LogP) is 5.94. The number of rotatable bonds is 6. The summed E-state index contributed by atoms with van der Waals surface area (Å²) < 4.78 is 0. The van der Waals surface area contributed by atoms with Gasteiger partial charge in [-0.05, 0) is 73.5 Å². The van der Waals surface area contributed by atoms with Crippen LogP contribution in [0.15, 0.2) is 71.6 Å². The number of carbonyl (C=O) groups is 2. The molecule has 0 aliphatic rings. The molecule has 0 saturated carbocycles. The third kappa shape index (κ3) is 5.86. The lowest BCUT2D eigenvalue weighted by Crippen LogP contribution is -2.15. The highest BCUT2D eigenvalue weighted by Crippen LogP contribution is 2.22. The van der Waals surface area contributed by atoms with Crippen LogP contribution in [-0.4, -0.2) is 17.6 Å². The molecule has 148 valence electrons. The summed E-state index contributed by atoms with van der Waals surface area (Å²) >= 11 is 7.37. The lowest BCUT2D eigenvalue weighted by molar-refractivity contribution is -0.113. The number of benzene rings is 3. The van der Waals surface area contributed by atoms with Crippen molar-refractivity contribution >= 4 is 46.6 Å². The molecule has 0 saturated heterocycles. The Balaban J connectivity index is 1.53. The fourth-order valence-electron chi connectivity index (χ4n) is 2.69. The second-order valence-corrected chi connectivity index (χ2v) is 8.06. The van der Waals surface area contributed by atoms with Crippen LogP contribution in [-0.2, 0) is 4.79 Å². The van der Waals surface area contributed by atoms with E-state index in [0.29, 0.717) is 22.0 Å². The number of aryl methyl sites for hydroxylation is 1. The molecule has 6 heteroatoms. The normalized spacial score (nSPS) is 10.4. The molecule has 2 N–H and O–H groups in total. The number of amides is 2. The van der Waals surface area contributed by atoms with Crippen molar-refractivity contribution in [1.82, 2.24) is 0 Å². The van der Waals surface area contributed by atoms with Crippen molar-refractivity contribution in [2.24, 2.45) is 0 Å². The number of thioether (sulfide) groups is 1. The summed E-state index contributed by atoms with van der Waals surface area (Å²) in [6.07, 6.45) is 0. The first-order valence-electron chi connectivity index (χ1n) is 9.08. The molecule has 0 aliphatic carbocycles. The van der Waals surface area contributed by atoms with Crippen LogP contribution < -0.4 is 10.6 Å². The highest BCUT2D eigenvalue weighted by Gasteiger charge is 2.09. The average molecular weight is 425 g/mol. The van der Waals surface area contributed by atoms with Gasteiger partial charge in [-0.1, -0.05) is 29.8 Å². The zero-order valence-corrected chi connectivity index (χ0v) is 17.7. The Hall–Kier alpha value is -2.76. The maximum absolute atomic E-state index is 12.3. The van der Waals surface area contributed by atoms with Crippen LogP contribution in [0.2, 0.25) is 5.02 Å². The quantitative estimate of drug-likeness (QED) is 0.481. The minimum atomic E-state index is -0.221. The first-order chi connectivity index (χ1) is 13.9. The van der Waals surface area contributed by atoms with Gasteiger partial charge in [-0.3, -0.25) is 9.59 Å². The van der Waals surface area contributed by atoms with Crippen molar-refractivity contribution in [2.75, 3.05) is 16.4 Å². The van der Waals surface area contributed by atoms with Crippen LogP contribution in [0.5, 0.6) is 0 Å². The Labute approximate surface area is 179 Å². The van der Waals surface area contributed by atoms with Crippen LogP contribution in [0.1, 0.15) is 21.5 Å². The predicted molar refractivity (Wildman–Crippen MR) is 121 cm³/mol. The highest BCUT2D eigenvalue weighted by molar-refractivity contribution is 8.00. The summed E-state index contributed by atoms with van der Waals surface area (Å²) in [4.78, 5) is 25.5. The van der Waals surface area contributed by atoms with Crippen LogP contribution in [0.4, 0.5) is 11.4 Å². The van der Waals surface area contributed by atoms with E-state index in [1.54, 1.807) is 24.3 Å². The zero-order chi connectivity index (χ0) is 20.8. The molecule has 0 radical (unpaired) electrons. The van der Waals surface area contributed by atoms with Gasteiger partial charge in [0.05, 0.1) is 5.75 Å². The first-order valence-corrected chi connectivity index (χ1v) is 10.4. The van der Waals surface area contributed by atoms with Crippen molar-refractivity contribution < 1.29 is 9.59 Å². The van der Waals surface area contributed by atoms with Crippen molar-refractivity contribution in [3.63, 3.8) is 0 Å². The van der Waals surface area contributed by atoms with E-state index in [2.05, 4.69) is 10.6 Å². The molecule has 3 aromatic carbocycles. The summed E-state index contributed by atoms with van der Waals surface area (Å²) in [6, 6.07) is 20.0. The lowest BCUT2D eigenvalue weighted by atomic mass is 10.1. The number of halogens is 1. The molecule has 4 nitrogen and oxygen atoms in total. The molecule has 3 aromatic rings. The highest BCUT2D eigenvalue weighted by atomic mass is 35.5. The second-order valence-electron chi connectivity index (χ2n) is 6.57. The molecule has 0 bridgehead atoms. The van der Waals surface area contributed by atoms with E-state index in [1.807, 2.05) is 56.3 Å². The maximum atomic E-state index is 12.3. The largest absolute Gasteiger partial charge is 0.325 e. The van der Waals surface area contributed by atoms with Gasteiger partial charge in [-0.2, -0.15) is 0 Å². The van der Waals surface area contributed by atoms with Gasteiger partial charge in [-0.15, -0.1) is 11.8 Å². The fraction of sp³-hybridized carbons (Fsp3) is 0.130. The molecule has 0 aliphatic heterocycles. The van der Waals surface area contributed by atoms with E-state index < -0.39 is 0 Å². The standard InChI is InChI=1S/C23H21ClN2O2S/c1-15-5-3-8-21(16(15)2)26-22(27)14-29-20-11-9-19(10-12-20)25-23(28)17-6-4-7-18(24)13-17/h3-13H,14H2,1-2H3,(H,25,28)(H,26,27). The molecule has 0 atom stereocenters. The number of carbonyl (C=O) groups excluding carboxylic acids is 2. The Morgan fingerprint density at radius 3 is 2.38 bits per heavy atom. The van der Waals surface area contributed by atoms with E-state index in [9.17, 15) is 9.59 Å². The smallest absolute Gasteiger partial charge is 0.255 e. The fourth-order valence-corrected chi connectivity index (χ4v) is 3.58. The van der Waals surface area contributed by atoms with Gasteiger partial charge >= 0.3 is 0 Å². The van der Waals surface area contributed by atoms with E-state index >= 15 is 0 Å². The Morgan fingerprint density at radius 2 is 1.66 bits per heavy atom. The van der Waals surface area contributed by atoms with Crippen LogP contribution in [0.25, 0.3) is 0 Å². The van der Waals surface area contributed by atoms with Gasteiger partial charge in [-0.25, -0.2) is 0 Å². The number of hydrogen-bond acceptors (Lipinski definition) is 3. The number of anilines is 2.